The summed E-state index contributed by atoms with van der Waals surface area (Å²) in [6, 6.07) is 6.03. The van der Waals surface area contributed by atoms with Crippen LogP contribution < -0.4 is 5.32 Å². The maximum atomic E-state index is 12.3. The summed E-state index contributed by atoms with van der Waals surface area (Å²) in [4.78, 5) is 26.5. The number of hydrogen-bond acceptors (Lipinski definition) is 5. The fourth-order valence-corrected chi connectivity index (χ4v) is 2.61. The molecule has 1 aromatic carbocycles. The van der Waals surface area contributed by atoms with Gasteiger partial charge in [0.05, 0.1) is 11.5 Å². The number of nitrogens with zero attached hydrogens (tertiary/aromatic N) is 3. The van der Waals surface area contributed by atoms with E-state index in [9.17, 15) is 14.9 Å². The molecule has 1 aliphatic heterocycles. The fourth-order valence-electron chi connectivity index (χ4n) is 2.61. The van der Waals surface area contributed by atoms with Gasteiger partial charge in [-0.05, 0) is 13.0 Å². The molecule has 1 fully saturated rings. The molecule has 0 aromatic heterocycles. The number of nitro groups is 1. The number of nitrogens with one attached hydrogen (secondary N) is 1. The van der Waals surface area contributed by atoms with Gasteiger partial charge in [0.1, 0.15) is 0 Å². The molecule has 2 rings (SSSR count). The number of non-ortho nitro benzene ring substituents is 1. The molecule has 0 aliphatic carbocycles. The molecule has 1 saturated heterocycles. The van der Waals surface area contributed by atoms with Gasteiger partial charge < -0.3 is 15.0 Å². The van der Waals surface area contributed by atoms with Crippen molar-refractivity contribution in [2.24, 2.45) is 0 Å². The lowest BCUT2D eigenvalue weighted by molar-refractivity contribution is -0.384. The average molecular weight is 322 g/mol. The Balaban J connectivity index is 1.88. The van der Waals surface area contributed by atoms with Crippen LogP contribution in [0.2, 0.25) is 0 Å². The highest BCUT2D eigenvalue weighted by Gasteiger charge is 2.24. The van der Waals surface area contributed by atoms with Crippen LogP contribution in [0.25, 0.3) is 0 Å². The molecule has 0 saturated carbocycles. The number of methoxy groups -OCH3 is 1. The Morgan fingerprint density at radius 2 is 2.09 bits per heavy atom. The zero-order chi connectivity index (χ0) is 16.8. The van der Waals surface area contributed by atoms with Gasteiger partial charge >= 0.3 is 6.03 Å². The molecule has 1 N–H and O–H groups in total. The number of nitro benzene ring substituents is 1. The first-order chi connectivity index (χ1) is 11.0. The highest BCUT2D eigenvalue weighted by Crippen LogP contribution is 2.18. The number of urea groups is 1. The number of carbonyl (C=O) groups is 1. The van der Waals surface area contributed by atoms with Crippen LogP contribution in [0.5, 0.6) is 0 Å². The predicted octanol–water partition coefficient (Wildman–Crippen LogP) is 1.78. The van der Waals surface area contributed by atoms with E-state index in [4.69, 9.17) is 4.74 Å². The monoisotopic (exact) mass is 322 g/mol. The van der Waals surface area contributed by atoms with Crippen LogP contribution in [0.15, 0.2) is 24.3 Å². The Morgan fingerprint density at radius 3 is 2.70 bits per heavy atom. The maximum Gasteiger partial charge on any atom is 0.321 e. The molecular formula is C15H22N4O4. The second kappa shape index (κ2) is 7.89. The number of anilines is 1. The van der Waals surface area contributed by atoms with Crippen LogP contribution in [0, 0.1) is 10.1 Å². The van der Waals surface area contributed by atoms with Gasteiger partial charge in [0.25, 0.3) is 5.69 Å². The summed E-state index contributed by atoms with van der Waals surface area (Å²) in [5.41, 5.74) is 0.389. The molecule has 1 aliphatic rings. The second-order valence-electron chi connectivity index (χ2n) is 5.56. The summed E-state index contributed by atoms with van der Waals surface area (Å²) >= 11 is 0. The van der Waals surface area contributed by atoms with E-state index in [2.05, 4.69) is 17.1 Å². The van der Waals surface area contributed by atoms with Crippen LogP contribution in [0.1, 0.15) is 6.92 Å². The van der Waals surface area contributed by atoms with Crippen molar-refractivity contribution in [1.29, 1.82) is 0 Å². The molecule has 0 unspecified atom stereocenters. The predicted molar refractivity (Wildman–Crippen MR) is 86.6 cm³/mol. The number of benzene rings is 1. The van der Waals surface area contributed by atoms with E-state index in [1.165, 1.54) is 12.1 Å². The summed E-state index contributed by atoms with van der Waals surface area (Å²) in [6.07, 6.45) is 0. The van der Waals surface area contributed by atoms with Crippen molar-refractivity contribution in [1.82, 2.24) is 9.80 Å². The van der Waals surface area contributed by atoms with Crippen molar-refractivity contribution >= 4 is 17.4 Å². The molecule has 2 amide bonds. The molecular weight excluding hydrogens is 300 g/mol. The van der Waals surface area contributed by atoms with Gasteiger partial charge in [0, 0.05) is 57.2 Å². The van der Waals surface area contributed by atoms with E-state index in [1.807, 2.05) is 0 Å². The highest BCUT2D eigenvalue weighted by molar-refractivity contribution is 5.89. The first-order valence-corrected chi connectivity index (χ1v) is 7.54. The van der Waals surface area contributed by atoms with Gasteiger partial charge in [-0.1, -0.05) is 6.07 Å². The first kappa shape index (κ1) is 17.2. The molecule has 0 radical (unpaired) electrons. The minimum Gasteiger partial charge on any atom is -0.383 e. The standard InChI is InChI=1S/C15H22N4O4/c1-12(11-23-2)17-6-8-18(9-7-17)15(20)16-13-4-3-5-14(10-13)19(21)22/h3-5,10,12H,6-9,11H2,1-2H3,(H,16,20)/t12-/m0/s1. The van der Waals surface area contributed by atoms with Crippen molar-refractivity contribution in [2.75, 3.05) is 45.2 Å². The third-order valence-corrected chi connectivity index (χ3v) is 3.94. The van der Waals surface area contributed by atoms with Gasteiger partial charge in [-0.25, -0.2) is 4.79 Å². The number of ether oxygens (including phenoxy) is 1. The van der Waals surface area contributed by atoms with Gasteiger partial charge in [-0.15, -0.1) is 0 Å². The molecule has 23 heavy (non-hydrogen) atoms. The number of carbonyl (C=O) groups excluding carboxylic acids is 1. The quantitative estimate of drug-likeness (QED) is 0.659. The largest absolute Gasteiger partial charge is 0.383 e. The SMILES string of the molecule is COC[C@H](C)N1CCN(C(=O)Nc2cccc([N+](=O)[O-])c2)CC1. The number of hydrogen-bond donors (Lipinski definition) is 1. The molecule has 126 valence electrons. The first-order valence-electron chi connectivity index (χ1n) is 7.54. The van der Waals surface area contributed by atoms with E-state index in [0.717, 1.165) is 13.1 Å². The van der Waals surface area contributed by atoms with Crippen LogP contribution in [-0.2, 0) is 4.74 Å². The van der Waals surface area contributed by atoms with E-state index < -0.39 is 4.92 Å². The molecule has 8 nitrogen and oxygen atoms in total. The topological polar surface area (TPSA) is 88.0 Å². The Morgan fingerprint density at radius 1 is 1.39 bits per heavy atom. The third kappa shape index (κ3) is 4.64. The lowest BCUT2D eigenvalue weighted by atomic mass is 10.2. The average Bonchev–Trinajstić information content (AvgIpc) is 2.55. The molecule has 1 heterocycles. The van der Waals surface area contributed by atoms with E-state index in [1.54, 1.807) is 24.1 Å². The van der Waals surface area contributed by atoms with E-state index in [-0.39, 0.29) is 11.7 Å². The van der Waals surface area contributed by atoms with E-state index in [0.29, 0.717) is 31.4 Å². The van der Waals surface area contributed by atoms with Gasteiger partial charge in [-0.3, -0.25) is 15.0 Å². The molecule has 0 spiro atoms. The summed E-state index contributed by atoms with van der Waals surface area (Å²) in [5, 5.41) is 13.5. The number of piperazine rings is 1. The van der Waals surface area contributed by atoms with Crippen LogP contribution in [0.3, 0.4) is 0 Å². The van der Waals surface area contributed by atoms with E-state index >= 15 is 0 Å². The Bertz CT molecular complexity index is 558. The second-order valence-corrected chi connectivity index (χ2v) is 5.56. The highest BCUT2D eigenvalue weighted by atomic mass is 16.6. The van der Waals surface area contributed by atoms with Crippen molar-refractivity contribution in [2.45, 2.75) is 13.0 Å². The maximum absolute atomic E-state index is 12.3. The van der Waals surface area contributed by atoms with Crippen LogP contribution in [0.4, 0.5) is 16.2 Å². The fraction of sp³-hybridized carbons (Fsp3) is 0.533. The minimum absolute atomic E-state index is 0.0407. The normalized spacial score (nSPS) is 16.9. The molecule has 1 atom stereocenters. The Labute approximate surface area is 135 Å². The Kier molecular flexibility index (Phi) is 5.89. The minimum atomic E-state index is -0.481. The Hall–Kier alpha value is -2.19. The van der Waals surface area contributed by atoms with Crippen molar-refractivity contribution < 1.29 is 14.5 Å². The van der Waals surface area contributed by atoms with Crippen molar-refractivity contribution in [3.05, 3.63) is 34.4 Å². The lowest BCUT2D eigenvalue weighted by Crippen LogP contribution is -2.53. The lowest BCUT2D eigenvalue weighted by Gasteiger charge is -2.37. The zero-order valence-corrected chi connectivity index (χ0v) is 13.4. The number of rotatable bonds is 5. The zero-order valence-electron chi connectivity index (χ0n) is 13.4. The molecule has 0 bridgehead atoms. The van der Waals surface area contributed by atoms with Gasteiger partial charge in [0.15, 0.2) is 0 Å². The summed E-state index contributed by atoms with van der Waals surface area (Å²) in [5.74, 6) is 0. The smallest absolute Gasteiger partial charge is 0.321 e. The van der Waals surface area contributed by atoms with Gasteiger partial charge in [-0.2, -0.15) is 0 Å². The molecule has 8 heteroatoms. The third-order valence-electron chi connectivity index (χ3n) is 3.94. The number of amides is 2. The van der Waals surface area contributed by atoms with Crippen molar-refractivity contribution in [3.63, 3.8) is 0 Å². The summed E-state index contributed by atoms with van der Waals surface area (Å²) in [6.45, 7) is 5.58. The van der Waals surface area contributed by atoms with Crippen LogP contribution in [-0.4, -0.2) is 66.7 Å². The summed E-state index contributed by atoms with van der Waals surface area (Å²) in [7, 11) is 1.68. The van der Waals surface area contributed by atoms with Crippen molar-refractivity contribution in [3.8, 4) is 0 Å². The van der Waals surface area contributed by atoms with Crippen LogP contribution >= 0.6 is 0 Å². The summed E-state index contributed by atoms with van der Waals surface area (Å²) < 4.78 is 5.15. The molecule has 1 aromatic rings. The van der Waals surface area contributed by atoms with Gasteiger partial charge in [0.2, 0.25) is 0 Å².